The molecule has 92 valence electrons. The van der Waals surface area contributed by atoms with Crippen molar-refractivity contribution >= 4 is 33.3 Å². The first-order valence-corrected chi connectivity index (χ1v) is 7.90. The molecule has 0 radical (unpaired) electrons. The number of fused-ring (bicyclic) bond motifs is 1. The lowest BCUT2D eigenvalue weighted by Gasteiger charge is -2.07. The van der Waals surface area contributed by atoms with Crippen LogP contribution < -0.4 is 0 Å². The van der Waals surface area contributed by atoms with Crippen molar-refractivity contribution in [1.82, 2.24) is 14.6 Å². The van der Waals surface area contributed by atoms with Crippen LogP contribution in [0.3, 0.4) is 0 Å². The monoisotopic (exact) mass is 313 g/mol. The van der Waals surface area contributed by atoms with E-state index in [9.17, 15) is 0 Å². The summed E-state index contributed by atoms with van der Waals surface area (Å²) in [5, 5.41) is 10.4. The molecule has 0 aliphatic rings. The Bertz CT molecular complexity index is 471. The summed E-state index contributed by atoms with van der Waals surface area (Å²) in [5.41, 5.74) is 0.920. The van der Waals surface area contributed by atoms with E-state index in [1.165, 1.54) is 12.8 Å². The van der Waals surface area contributed by atoms with Crippen molar-refractivity contribution in [3.8, 4) is 0 Å². The third-order valence-electron chi connectivity index (χ3n) is 2.73. The summed E-state index contributed by atoms with van der Waals surface area (Å²) < 4.78 is 2.04. The van der Waals surface area contributed by atoms with Gasteiger partial charge in [-0.05, 0) is 30.9 Å². The highest BCUT2D eigenvalue weighted by molar-refractivity contribution is 9.09. The predicted octanol–water partition coefficient (Wildman–Crippen LogP) is 3.63. The number of hydrogen-bond donors (Lipinski definition) is 0. The van der Waals surface area contributed by atoms with Crippen molar-refractivity contribution in [2.45, 2.75) is 24.9 Å². The van der Waals surface area contributed by atoms with Gasteiger partial charge in [0.15, 0.2) is 10.8 Å². The first-order chi connectivity index (χ1) is 8.31. The molecule has 0 spiro atoms. The van der Waals surface area contributed by atoms with Crippen LogP contribution in [0.4, 0.5) is 0 Å². The van der Waals surface area contributed by atoms with Crippen LogP contribution in [0.2, 0.25) is 0 Å². The van der Waals surface area contributed by atoms with Crippen LogP contribution in [0.1, 0.15) is 19.8 Å². The highest BCUT2D eigenvalue weighted by atomic mass is 79.9. The van der Waals surface area contributed by atoms with Crippen LogP contribution in [0.25, 0.3) is 5.65 Å². The summed E-state index contributed by atoms with van der Waals surface area (Å²) in [7, 11) is 0. The SMILES string of the molecule is CC(CCBr)CCSc1nnc2ccccn12. The molecule has 17 heavy (non-hydrogen) atoms. The van der Waals surface area contributed by atoms with Crippen molar-refractivity contribution in [2.75, 3.05) is 11.1 Å². The molecule has 0 bridgehead atoms. The third-order valence-corrected chi connectivity index (χ3v) is 4.16. The van der Waals surface area contributed by atoms with Gasteiger partial charge in [0.05, 0.1) is 0 Å². The molecule has 3 nitrogen and oxygen atoms in total. The molecular weight excluding hydrogens is 298 g/mol. The minimum absolute atomic E-state index is 0.765. The molecule has 2 rings (SSSR count). The van der Waals surface area contributed by atoms with E-state index < -0.39 is 0 Å². The molecule has 5 heteroatoms. The van der Waals surface area contributed by atoms with Crippen molar-refractivity contribution < 1.29 is 0 Å². The van der Waals surface area contributed by atoms with Crippen molar-refractivity contribution in [3.05, 3.63) is 24.4 Å². The predicted molar refractivity (Wildman–Crippen MR) is 75.9 cm³/mol. The summed E-state index contributed by atoms with van der Waals surface area (Å²) in [6.07, 6.45) is 4.47. The Hall–Kier alpha value is -0.550. The van der Waals surface area contributed by atoms with Crippen molar-refractivity contribution in [3.63, 3.8) is 0 Å². The van der Waals surface area contributed by atoms with Gasteiger partial charge in [0.1, 0.15) is 0 Å². The minimum atomic E-state index is 0.765. The lowest BCUT2D eigenvalue weighted by Crippen LogP contribution is -1.97. The normalized spacial score (nSPS) is 13.1. The van der Waals surface area contributed by atoms with Gasteiger partial charge >= 0.3 is 0 Å². The second-order valence-electron chi connectivity index (χ2n) is 4.13. The van der Waals surface area contributed by atoms with E-state index in [0.29, 0.717) is 0 Å². The summed E-state index contributed by atoms with van der Waals surface area (Å²) in [6, 6.07) is 5.97. The minimum Gasteiger partial charge on any atom is -0.277 e. The van der Waals surface area contributed by atoms with Gasteiger partial charge in [-0.2, -0.15) is 0 Å². The van der Waals surface area contributed by atoms with E-state index in [-0.39, 0.29) is 0 Å². The Morgan fingerprint density at radius 2 is 2.24 bits per heavy atom. The quantitative estimate of drug-likeness (QED) is 0.602. The van der Waals surface area contributed by atoms with Gasteiger partial charge in [-0.1, -0.05) is 40.7 Å². The molecule has 2 aromatic heterocycles. The summed E-state index contributed by atoms with van der Waals surface area (Å²) in [4.78, 5) is 0. The topological polar surface area (TPSA) is 30.2 Å². The van der Waals surface area contributed by atoms with Gasteiger partial charge < -0.3 is 0 Å². The van der Waals surface area contributed by atoms with Gasteiger partial charge in [-0.15, -0.1) is 10.2 Å². The number of aromatic nitrogens is 3. The zero-order chi connectivity index (χ0) is 12.1. The summed E-state index contributed by atoms with van der Waals surface area (Å²) >= 11 is 5.26. The maximum atomic E-state index is 4.20. The molecule has 0 fully saturated rings. The molecule has 0 aliphatic carbocycles. The average molecular weight is 314 g/mol. The van der Waals surface area contributed by atoms with Crippen LogP contribution >= 0.6 is 27.7 Å². The Kier molecular flexibility index (Phi) is 4.86. The number of alkyl halides is 1. The van der Waals surface area contributed by atoms with Crippen LogP contribution in [0.15, 0.2) is 29.6 Å². The molecule has 2 heterocycles. The molecule has 0 aliphatic heterocycles. The van der Waals surface area contributed by atoms with E-state index in [4.69, 9.17) is 0 Å². The Morgan fingerprint density at radius 1 is 1.35 bits per heavy atom. The van der Waals surface area contributed by atoms with Crippen LogP contribution in [-0.2, 0) is 0 Å². The molecule has 0 amide bonds. The fourth-order valence-corrected chi connectivity index (χ4v) is 3.48. The Labute approximate surface area is 114 Å². The zero-order valence-corrected chi connectivity index (χ0v) is 12.2. The first kappa shape index (κ1) is 12.9. The van der Waals surface area contributed by atoms with Crippen molar-refractivity contribution in [1.29, 1.82) is 0 Å². The number of thioether (sulfide) groups is 1. The summed E-state index contributed by atoms with van der Waals surface area (Å²) in [5.74, 6) is 1.87. The van der Waals surface area contributed by atoms with E-state index in [2.05, 4.69) is 33.1 Å². The Balaban J connectivity index is 1.91. The number of hydrogen-bond acceptors (Lipinski definition) is 3. The number of rotatable bonds is 6. The molecule has 0 saturated heterocycles. The zero-order valence-electron chi connectivity index (χ0n) is 9.84. The first-order valence-electron chi connectivity index (χ1n) is 5.80. The second-order valence-corrected chi connectivity index (χ2v) is 5.99. The number of halogens is 1. The van der Waals surface area contributed by atoms with Crippen LogP contribution in [0.5, 0.6) is 0 Å². The number of pyridine rings is 1. The van der Waals surface area contributed by atoms with E-state index in [1.807, 2.05) is 28.8 Å². The van der Waals surface area contributed by atoms with E-state index >= 15 is 0 Å². The maximum Gasteiger partial charge on any atom is 0.195 e. The van der Waals surface area contributed by atoms with Gasteiger partial charge in [0.25, 0.3) is 0 Å². The van der Waals surface area contributed by atoms with Crippen molar-refractivity contribution in [2.24, 2.45) is 5.92 Å². The van der Waals surface area contributed by atoms with E-state index in [1.54, 1.807) is 11.8 Å². The standard InChI is InChI=1S/C12H16BrN3S/c1-10(5-7-13)6-9-17-12-15-14-11-4-2-3-8-16(11)12/h2-4,8,10H,5-7,9H2,1H3. The summed E-state index contributed by atoms with van der Waals surface area (Å²) in [6.45, 7) is 2.30. The fraction of sp³-hybridized carbons (Fsp3) is 0.500. The smallest absolute Gasteiger partial charge is 0.195 e. The highest BCUT2D eigenvalue weighted by Crippen LogP contribution is 2.20. The molecule has 2 aromatic rings. The lowest BCUT2D eigenvalue weighted by atomic mass is 10.1. The molecule has 0 saturated carbocycles. The molecular formula is C12H16BrN3S. The molecule has 0 N–H and O–H groups in total. The average Bonchev–Trinajstić information content (AvgIpc) is 2.73. The lowest BCUT2D eigenvalue weighted by molar-refractivity contribution is 0.554. The fourth-order valence-electron chi connectivity index (χ4n) is 1.60. The van der Waals surface area contributed by atoms with Crippen LogP contribution in [-0.4, -0.2) is 25.7 Å². The van der Waals surface area contributed by atoms with Gasteiger partial charge in [-0.25, -0.2) is 0 Å². The van der Waals surface area contributed by atoms with Crippen LogP contribution in [0, 0.1) is 5.92 Å². The third kappa shape index (κ3) is 3.45. The van der Waals surface area contributed by atoms with E-state index in [0.717, 1.165) is 27.8 Å². The molecule has 1 unspecified atom stereocenters. The Morgan fingerprint density at radius 3 is 3.06 bits per heavy atom. The second kappa shape index (κ2) is 6.40. The van der Waals surface area contributed by atoms with Gasteiger partial charge in [0, 0.05) is 17.3 Å². The molecule has 1 atom stereocenters. The molecule has 0 aromatic carbocycles. The van der Waals surface area contributed by atoms with Gasteiger partial charge in [-0.3, -0.25) is 4.40 Å². The number of nitrogens with zero attached hydrogens (tertiary/aromatic N) is 3. The highest BCUT2D eigenvalue weighted by Gasteiger charge is 2.06. The largest absolute Gasteiger partial charge is 0.277 e. The van der Waals surface area contributed by atoms with Gasteiger partial charge in [0.2, 0.25) is 0 Å². The maximum absolute atomic E-state index is 4.20.